The van der Waals surface area contributed by atoms with Crippen LogP contribution >= 0.6 is 0 Å². The molecule has 1 aliphatic heterocycles. The number of carboxylic acids is 1. The molecule has 2 amide bonds. The Morgan fingerprint density at radius 3 is 2.67 bits per heavy atom. The number of hydrogen-bond donors (Lipinski definition) is 2. The van der Waals surface area contributed by atoms with Gasteiger partial charge in [-0.05, 0) is 43.4 Å². The minimum Gasteiger partial charge on any atom is -0.481 e. The largest absolute Gasteiger partial charge is 0.481 e. The van der Waals surface area contributed by atoms with Gasteiger partial charge in [-0.15, -0.1) is 0 Å². The van der Waals surface area contributed by atoms with Gasteiger partial charge in [-0.2, -0.15) is 0 Å². The minimum atomic E-state index is -0.776. The smallest absolute Gasteiger partial charge is 0.323 e. The van der Waals surface area contributed by atoms with Gasteiger partial charge in [0.1, 0.15) is 5.82 Å². The maximum absolute atomic E-state index is 12.7. The van der Waals surface area contributed by atoms with E-state index < -0.39 is 11.4 Å². The third kappa shape index (κ3) is 3.05. The Kier molecular flexibility index (Phi) is 4.34. The molecule has 1 saturated carbocycles. The molecule has 140 valence electrons. The quantitative estimate of drug-likeness (QED) is 0.867. The number of fused-ring (bicyclic) bond motifs is 1. The number of carbonyl (C=O) groups excluding carboxylic acids is 1. The van der Waals surface area contributed by atoms with Gasteiger partial charge in [0.2, 0.25) is 0 Å². The number of urea groups is 1. The fourth-order valence-electron chi connectivity index (χ4n) is 4.54. The zero-order chi connectivity index (χ0) is 19.0. The third-order valence-electron chi connectivity index (χ3n) is 5.99. The fraction of sp³-hybridized carbons (Fsp3) is 0.381. The highest BCUT2D eigenvalue weighted by molar-refractivity contribution is 5.90. The number of aliphatic carboxylic acids is 1. The van der Waals surface area contributed by atoms with Crippen molar-refractivity contribution in [3.8, 4) is 11.1 Å². The Balaban J connectivity index is 1.48. The molecule has 1 aromatic heterocycles. The maximum Gasteiger partial charge on any atom is 0.323 e. The van der Waals surface area contributed by atoms with E-state index in [0.717, 1.165) is 29.7 Å². The van der Waals surface area contributed by atoms with E-state index in [9.17, 15) is 14.7 Å². The molecule has 2 aromatic rings. The van der Waals surface area contributed by atoms with Gasteiger partial charge in [0.25, 0.3) is 0 Å². The first kappa shape index (κ1) is 17.5. The van der Waals surface area contributed by atoms with Crippen LogP contribution < -0.4 is 5.32 Å². The highest BCUT2D eigenvalue weighted by Gasteiger charge is 2.55. The summed E-state index contributed by atoms with van der Waals surface area (Å²) in [6.45, 7) is 2.69. The molecule has 27 heavy (non-hydrogen) atoms. The standard InChI is InChI=1S/C21H23N3O3/c1-14-17(15-6-3-2-4-7-15)9-10-18(22-14)23-20(27)24-12-16-8-5-11-21(16,13-24)19(25)26/h2-4,6-7,9-10,16H,5,8,11-13H2,1H3,(H,25,26)(H,22,23,27)/t16-,21+/m0/s1. The minimum absolute atomic E-state index is 0.0518. The molecule has 6 heteroatoms. The predicted octanol–water partition coefficient (Wildman–Crippen LogP) is 3.78. The number of amides is 2. The normalized spacial score (nSPS) is 23.9. The number of benzene rings is 1. The number of nitrogens with one attached hydrogen (secondary N) is 1. The van der Waals surface area contributed by atoms with Crippen molar-refractivity contribution in [2.45, 2.75) is 26.2 Å². The van der Waals surface area contributed by atoms with Crippen LogP contribution in [0, 0.1) is 18.3 Å². The molecule has 2 fully saturated rings. The van der Waals surface area contributed by atoms with Gasteiger partial charge in [0, 0.05) is 24.3 Å². The molecular formula is C21H23N3O3. The fourth-order valence-corrected chi connectivity index (χ4v) is 4.54. The predicted molar refractivity (Wildman–Crippen MR) is 102 cm³/mol. The first-order valence-corrected chi connectivity index (χ1v) is 9.32. The molecule has 0 spiro atoms. The summed E-state index contributed by atoms with van der Waals surface area (Å²) in [5.74, 6) is -0.240. The van der Waals surface area contributed by atoms with E-state index in [2.05, 4.69) is 10.3 Å². The summed E-state index contributed by atoms with van der Waals surface area (Å²) < 4.78 is 0. The Labute approximate surface area is 158 Å². The number of anilines is 1. The lowest BCUT2D eigenvalue weighted by Crippen LogP contribution is -2.38. The molecule has 0 radical (unpaired) electrons. The van der Waals surface area contributed by atoms with Crippen molar-refractivity contribution in [3.05, 3.63) is 48.2 Å². The summed E-state index contributed by atoms with van der Waals surface area (Å²) in [4.78, 5) is 30.6. The van der Waals surface area contributed by atoms with E-state index in [0.29, 0.717) is 18.8 Å². The lowest BCUT2D eigenvalue weighted by Gasteiger charge is -2.23. The molecule has 2 aliphatic rings. The first-order chi connectivity index (χ1) is 13.0. The molecular weight excluding hydrogens is 342 g/mol. The number of hydrogen-bond acceptors (Lipinski definition) is 3. The summed E-state index contributed by atoms with van der Waals surface area (Å²) in [5.41, 5.74) is 2.17. The highest BCUT2D eigenvalue weighted by Crippen LogP contribution is 2.48. The Bertz CT molecular complexity index is 883. The molecule has 4 rings (SSSR count). The molecule has 6 nitrogen and oxygen atoms in total. The maximum atomic E-state index is 12.7. The zero-order valence-electron chi connectivity index (χ0n) is 15.3. The van der Waals surface area contributed by atoms with Gasteiger partial charge in [-0.1, -0.05) is 36.8 Å². The van der Waals surface area contributed by atoms with Crippen LogP contribution in [0.15, 0.2) is 42.5 Å². The number of pyridine rings is 1. The summed E-state index contributed by atoms with van der Waals surface area (Å²) >= 11 is 0. The van der Waals surface area contributed by atoms with E-state index in [-0.39, 0.29) is 18.5 Å². The molecule has 0 bridgehead atoms. The van der Waals surface area contributed by atoms with E-state index >= 15 is 0 Å². The average Bonchev–Trinajstić information content (AvgIpc) is 3.21. The van der Waals surface area contributed by atoms with E-state index in [1.54, 1.807) is 11.0 Å². The SMILES string of the molecule is Cc1nc(NC(=O)N2C[C@@H]3CCC[C@@]3(C(=O)O)C2)ccc1-c1ccccc1. The summed E-state index contributed by atoms with van der Waals surface area (Å²) in [6.07, 6.45) is 2.45. The topological polar surface area (TPSA) is 82.5 Å². The van der Waals surface area contributed by atoms with Crippen LogP contribution in [-0.4, -0.2) is 40.1 Å². The van der Waals surface area contributed by atoms with Gasteiger partial charge in [0.15, 0.2) is 0 Å². The van der Waals surface area contributed by atoms with Crippen LogP contribution in [0.4, 0.5) is 10.6 Å². The number of aryl methyl sites for hydroxylation is 1. The van der Waals surface area contributed by atoms with Crippen molar-refractivity contribution in [2.75, 3.05) is 18.4 Å². The van der Waals surface area contributed by atoms with Gasteiger partial charge in [0.05, 0.1) is 5.41 Å². The van der Waals surface area contributed by atoms with Gasteiger partial charge in [-0.25, -0.2) is 9.78 Å². The zero-order valence-corrected chi connectivity index (χ0v) is 15.3. The second-order valence-corrected chi connectivity index (χ2v) is 7.56. The van der Waals surface area contributed by atoms with Crippen molar-refractivity contribution in [3.63, 3.8) is 0 Å². The molecule has 2 atom stereocenters. The number of carboxylic acid groups (broad SMARTS) is 1. The Morgan fingerprint density at radius 2 is 2.00 bits per heavy atom. The van der Waals surface area contributed by atoms with Crippen molar-refractivity contribution in [1.82, 2.24) is 9.88 Å². The van der Waals surface area contributed by atoms with Crippen LogP contribution in [0.5, 0.6) is 0 Å². The number of likely N-dealkylation sites (tertiary alicyclic amines) is 1. The number of nitrogens with zero attached hydrogens (tertiary/aromatic N) is 2. The van der Waals surface area contributed by atoms with Crippen LogP contribution in [0.3, 0.4) is 0 Å². The molecule has 1 aromatic carbocycles. The second-order valence-electron chi connectivity index (χ2n) is 7.56. The average molecular weight is 365 g/mol. The summed E-state index contributed by atoms with van der Waals surface area (Å²) in [7, 11) is 0. The van der Waals surface area contributed by atoms with Crippen molar-refractivity contribution < 1.29 is 14.7 Å². The van der Waals surface area contributed by atoms with Crippen LogP contribution in [-0.2, 0) is 4.79 Å². The van der Waals surface area contributed by atoms with Crippen molar-refractivity contribution >= 4 is 17.8 Å². The summed E-state index contributed by atoms with van der Waals surface area (Å²) in [5, 5.41) is 12.5. The van der Waals surface area contributed by atoms with Crippen LogP contribution in [0.25, 0.3) is 11.1 Å². The Hall–Kier alpha value is -2.89. The van der Waals surface area contributed by atoms with Crippen LogP contribution in [0.1, 0.15) is 25.0 Å². The second kappa shape index (κ2) is 6.68. The first-order valence-electron chi connectivity index (χ1n) is 9.32. The third-order valence-corrected chi connectivity index (χ3v) is 5.99. The molecule has 0 unspecified atom stereocenters. The Morgan fingerprint density at radius 1 is 1.22 bits per heavy atom. The number of aromatic nitrogens is 1. The lowest BCUT2D eigenvalue weighted by molar-refractivity contribution is -0.149. The summed E-state index contributed by atoms with van der Waals surface area (Å²) in [6, 6.07) is 13.4. The molecule has 2 heterocycles. The van der Waals surface area contributed by atoms with E-state index in [1.807, 2.05) is 43.3 Å². The number of rotatable bonds is 3. The molecule has 2 N–H and O–H groups in total. The van der Waals surface area contributed by atoms with Gasteiger partial charge in [-0.3, -0.25) is 10.1 Å². The van der Waals surface area contributed by atoms with E-state index in [4.69, 9.17) is 0 Å². The lowest BCUT2D eigenvalue weighted by atomic mass is 9.81. The van der Waals surface area contributed by atoms with Gasteiger partial charge < -0.3 is 10.0 Å². The van der Waals surface area contributed by atoms with Gasteiger partial charge >= 0.3 is 12.0 Å². The van der Waals surface area contributed by atoms with Crippen molar-refractivity contribution in [2.24, 2.45) is 11.3 Å². The molecule has 1 aliphatic carbocycles. The number of carbonyl (C=O) groups is 2. The highest BCUT2D eigenvalue weighted by atomic mass is 16.4. The molecule has 1 saturated heterocycles. The van der Waals surface area contributed by atoms with Crippen LogP contribution in [0.2, 0.25) is 0 Å². The monoisotopic (exact) mass is 365 g/mol. The van der Waals surface area contributed by atoms with Crippen molar-refractivity contribution in [1.29, 1.82) is 0 Å². The van der Waals surface area contributed by atoms with E-state index in [1.165, 1.54) is 0 Å².